The number of fused-ring (bicyclic) bond motifs is 13. The molecule has 8 aromatic rings. The first kappa shape index (κ1) is 30.1. The van der Waals surface area contributed by atoms with Crippen LogP contribution in [0, 0.1) is 0 Å². The Morgan fingerprint density at radius 2 is 0.981 bits per heavy atom. The monoisotopic (exact) mass is 678 g/mol. The minimum atomic E-state index is -0.495. The summed E-state index contributed by atoms with van der Waals surface area (Å²) in [5, 5.41) is 0. The van der Waals surface area contributed by atoms with Gasteiger partial charge >= 0.3 is 0 Å². The average Bonchev–Trinajstić information content (AvgIpc) is 3.64. The molecule has 0 saturated carbocycles. The first-order valence-electron chi connectivity index (χ1n) is 18.3. The first-order valence-corrected chi connectivity index (χ1v) is 18.3. The lowest BCUT2D eigenvalue weighted by atomic mass is 9.65. The number of benzene rings is 7. The van der Waals surface area contributed by atoms with Crippen molar-refractivity contribution in [3.05, 3.63) is 203 Å². The molecule has 2 heterocycles. The Labute approximate surface area is 309 Å². The van der Waals surface area contributed by atoms with Crippen molar-refractivity contribution in [1.29, 1.82) is 0 Å². The normalized spacial score (nSPS) is 14.7. The van der Waals surface area contributed by atoms with Crippen LogP contribution in [-0.2, 0) is 10.8 Å². The SMILES string of the molecule is CC1(C)c2ccc(-c3cc(-c4ccccc4)nc(-c4ccccc4)n3)cc2-c2ccc3c(c21)Oc1ccccc1C31c2ccccc2-c2ccccc21. The molecule has 1 aromatic heterocycles. The number of para-hydroxylation sites is 1. The molecule has 3 nitrogen and oxygen atoms in total. The fourth-order valence-electron chi connectivity index (χ4n) is 9.44. The molecule has 0 amide bonds. The fourth-order valence-corrected chi connectivity index (χ4v) is 9.44. The van der Waals surface area contributed by atoms with E-state index in [2.05, 4.69) is 159 Å². The van der Waals surface area contributed by atoms with Crippen molar-refractivity contribution in [2.45, 2.75) is 24.7 Å². The van der Waals surface area contributed by atoms with E-state index >= 15 is 0 Å². The highest BCUT2D eigenvalue weighted by molar-refractivity contribution is 5.92. The molecule has 3 heteroatoms. The molecule has 3 aliphatic rings. The van der Waals surface area contributed by atoms with Gasteiger partial charge in [0.25, 0.3) is 0 Å². The second-order valence-corrected chi connectivity index (χ2v) is 14.9. The molecule has 0 fully saturated rings. The third-order valence-electron chi connectivity index (χ3n) is 11.7. The molecule has 53 heavy (non-hydrogen) atoms. The van der Waals surface area contributed by atoms with Gasteiger partial charge < -0.3 is 4.74 Å². The highest BCUT2D eigenvalue weighted by Crippen LogP contribution is 2.65. The lowest BCUT2D eigenvalue weighted by Crippen LogP contribution is -2.33. The van der Waals surface area contributed by atoms with Crippen LogP contribution in [0.1, 0.15) is 47.2 Å². The maximum Gasteiger partial charge on any atom is 0.160 e. The molecule has 2 aliphatic carbocycles. The maximum atomic E-state index is 7.13. The highest BCUT2D eigenvalue weighted by atomic mass is 16.5. The summed E-state index contributed by atoms with van der Waals surface area (Å²) in [6.07, 6.45) is 0. The fraction of sp³-hybridized carbons (Fsp3) is 0.0800. The number of rotatable bonds is 3. The molecule has 250 valence electrons. The molecule has 1 spiro atoms. The van der Waals surface area contributed by atoms with Crippen molar-refractivity contribution in [3.8, 4) is 67.7 Å². The van der Waals surface area contributed by atoms with Crippen LogP contribution < -0.4 is 4.74 Å². The Morgan fingerprint density at radius 3 is 1.68 bits per heavy atom. The van der Waals surface area contributed by atoms with E-state index in [0.29, 0.717) is 5.82 Å². The minimum absolute atomic E-state index is 0.310. The smallest absolute Gasteiger partial charge is 0.160 e. The van der Waals surface area contributed by atoms with E-state index in [1.807, 2.05) is 24.3 Å². The molecular weight excluding hydrogens is 645 g/mol. The molecule has 0 unspecified atom stereocenters. The predicted molar refractivity (Wildman–Crippen MR) is 213 cm³/mol. The molecule has 1 aliphatic heterocycles. The topological polar surface area (TPSA) is 35.0 Å². The van der Waals surface area contributed by atoms with E-state index in [1.165, 1.54) is 55.6 Å². The van der Waals surface area contributed by atoms with Crippen molar-refractivity contribution in [3.63, 3.8) is 0 Å². The number of hydrogen-bond acceptors (Lipinski definition) is 3. The summed E-state index contributed by atoms with van der Waals surface area (Å²) in [5.74, 6) is 2.59. The Bertz CT molecular complexity index is 2680. The summed E-state index contributed by atoms with van der Waals surface area (Å²) in [6, 6.07) is 60.8. The van der Waals surface area contributed by atoms with Gasteiger partial charge in [0.2, 0.25) is 0 Å². The molecule has 11 rings (SSSR count). The van der Waals surface area contributed by atoms with Gasteiger partial charge in [-0.2, -0.15) is 0 Å². The lowest BCUT2D eigenvalue weighted by molar-refractivity contribution is 0.422. The zero-order valence-electron chi connectivity index (χ0n) is 29.5. The minimum Gasteiger partial charge on any atom is -0.456 e. The van der Waals surface area contributed by atoms with Gasteiger partial charge in [-0.15, -0.1) is 0 Å². The molecular formula is C50H34N2O. The zero-order chi connectivity index (χ0) is 35.3. The molecule has 0 atom stereocenters. The van der Waals surface area contributed by atoms with Crippen LogP contribution in [-0.4, -0.2) is 9.97 Å². The highest BCUT2D eigenvalue weighted by Gasteiger charge is 2.53. The summed E-state index contributed by atoms with van der Waals surface area (Å²) in [7, 11) is 0. The lowest BCUT2D eigenvalue weighted by Gasteiger charge is -2.41. The van der Waals surface area contributed by atoms with E-state index in [0.717, 1.165) is 39.6 Å². The van der Waals surface area contributed by atoms with Crippen molar-refractivity contribution in [2.75, 3.05) is 0 Å². The Hall–Kier alpha value is -6.58. The van der Waals surface area contributed by atoms with Crippen LogP contribution in [0.15, 0.2) is 170 Å². The summed E-state index contributed by atoms with van der Waals surface area (Å²) in [4.78, 5) is 10.2. The third kappa shape index (κ3) is 4.11. The van der Waals surface area contributed by atoms with Crippen molar-refractivity contribution in [2.24, 2.45) is 0 Å². The first-order chi connectivity index (χ1) is 26.0. The van der Waals surface area contributed by atoms with E-state index < -0.39 is 5.41 Å². The average molecular weight is 679 g/mol. The van der Waals surface area contributed by atoms with Crippen LogP contribution in [0.2, 0.25) is 0 Å². The Kier molecular flexibility index (Phi) is 6.22. The van der Waals surface area contributed by atoms with Crippen LogP contribution in [0.25, 0.3) is 56.2 Å². The van der Waals surface area contributed by atoms with Gasteiger partial charge in [-0.05, 0) is 57.1 Å². The number of nitrogens with zero attached hydrogens (tertiary/aromatic N) is 2. The summed E-state index contributed by atoms with van der Waals surface area (Å²) in [6.45, 7) is 4.69. The number of aromatic nitrogens is 2. The van der Waals surface area contributed by atoms with Crippen molar-refractivity contribution < 1.29 is 4.74 Å². The summed E-state index contributed by atoms with van der Waals surface area (Å²) >= 11 is 0. The second-order valence-electron chi connectivity index (χ2n) is 14.9. The van der Waals surface area contributed by atoms with Crippen LogP contribution >= 0.6 is 0 Å². The van der Waals surface area contributed by atoms with Crippen molar-refractivity contribution in [1.82, 2.24) is 9.97 Å². The van der Waals surface area contributed by atoms with Gasteiger partial charge in [0, 0.05) is 38.8 Å². The molecule has 0 bridgehead atoms. The number of hydrogen-bond donors (Lipinski definition) is 0. The van der Waals surface area contributed by atoms with Crippen LogP contribution in [0.5, 0.6) is 11.5 Å². The zero-order valence-corrected chi connectivity index (χ0v) is 29.5. The van der Waals surface area contributed by atoms with E-state index in [4.69, 9.17) is 14.7 Å². The molecule has 0 radical (unpaired) electrons. The van der Waals surface area contributed by atoms with Gasteiger partial charge in [-0.25, -0.2) is 9.97 Å². The van der Waals surface area contributed by atoms with Crippen LogP contribution in [0.4, 0.5) is 0 Å². The molecule has 7 aromatic carbocycles. The maximum absolute atomic E-state index is 7.13. The standard InChI is InChI=1S/C50H34N2O/c1-49(2)38-27-25-33(44-30-43(31-15-5-3-6-16-31)51-48(52-44)32-17-7-4-8-18-32)29-37(38)36-26-28-42-47(46(36)49)53-45-24-14-13-23-41(45)50(42)39-21-11-9-19-34(39)35-20-10-12-22-40(35)50/h3-30H,1-2H3. The van der Waals surface area contributed by atoms with E-state index in [1.54, 1.807) is 0 Å². The molecule has 0 N–H and O–H groups in total. The van der Waals surface area contributed by atoms with Gasteiger partial charge in [0.1, 0.15) is 11.5 Å². The van der Waals surface area contributed by atoms with Crippen molar-refractivity contribution >= 4 is 0 Å². The van der Waals surface area contributed by atoms with E-state index in [9.17, 15) is 0 Å². The van der Waals surface area contributed by atoms with Gasteiger partial charge in [-0.1, -0.05) is 166 Å². The predicted octanol–water partition coefficient (Wildman–Crippen LogP) is 12.3. The summed E-state index contributed by atoms with van der Waals surface area (Å²) < 4.78 is 7.13. The third-order valence-corrected chi connectivity index (χ3v) is 11.7. The second kappa shape index (κ2) is 11.0. The molecule has 0 saturated heterocycles. The summed E-state index contributed by atoms with van der Waals surface area (Å²) in [5.41, 5.74) is 16.6. The van der Waals surface area contributed by atoms with E-state index in [-0.39, 0.29) is 5.41 Å². The van der Waals surface area contributed by atoms with Crippen LogP contribution in [0.3, 0.4) is 0 Å². The van der Waals surface area contributed by atoms with Gasteiger partial charge in [0.15, 0.2) is 5.82 Å². The Balaban J connectivity index is 1.13. The van der Waals surface area contributed by atoms with Gasteiger partial charge in [-0.3, -0.25) is 0 Å². The largest absolute Gasteiger partial charge is 0.456 e. The quantitative estimate of drug-likeness (QED) is 0.187. The Morgan fingerprint density at radius 1 is 0.415 bits per heavy atom. The number of ether oxygens (including phenoxy) is 1. The van der Waals surface area contributed by atoms with Gasteiger partial charge in [0.05, 0.1) is 16.8 Å².